The van der Waals surface area contributed by atoms with Crippen LogP contribution in [0.4, 0.5) is 5.69 Å². The first-order chi connectivity index (χ1) is 9.81. The second-order valence-electron chi connectivity index (χ2n) is 4.56. The van der Waals surface area contributed by atoms with Gasteiger partial charge in [0.05, 0.1) is 0 Å². The van der Waals surface area contributed by atoms with E-state index in [1.165, 1.54) is 5.56 Å². The monoisotopic (exact) mass is 261 g/mol. The van der Waals surface area contributed by atoms with E-state index < -0.39 is 0 Å². The van der Waals surface area contributed by atoms with Gasteiger partial charge in [0.15, 0.2) is 0 Å². The zero-order valence-corrected chi connectivity index (χ0v) is 11.0. The van der Waals surface area contributed by atoms with Gasteiger partial charge in [-0.05, 0) is 47.5 Å². The number of rotatable bonds is 3. The van der Waals surface area contributed by atoms with Gasteiger partial charge in [0, 0.05) is 5.69 Å². The second kappa shape index (κ2) is 5.49. The third kappa shape index (κ3) is 2.81. The summed E-state index contributed by atoms with van der Waals surface area (Å²) >= 11 is 0. The highest BCUT2D eigenvalue weighted by Crippen LogP contribution is 2.27. The summed E-state index contributed by atoms with van der Waals surface area (Å²) in [5.74, 6) is 1.60. The summed E-state index contributed by atoms with van der Waals surface area (Å²) in [6, 6.07) is 25.7. The molecule has 3 rings (SSSR count). The molecule has 0 atom stereocenters. The lowest BCUT2D eigenvalue weighted by molar-refractivity contribution is 0.483. The SMILES string of the molecule is Nc1ccc(Oc2cccc(-c3ccccc3)c2)cc1. The predicted octanol–water partition coefficient (Wildman–Crippen LogP) is 4.73. The first-order valence-electron chi connectivity index (χ1n) is 6.50. The molecule has 2 nitrogen and oxygen atoms in total. The minimum absolute atomic E-state index is 0.732. The van der Waals surface area contributed by atoms with Crippen LogP contribution in [0.15, 0.2) is 78.9 Å². The maximum atomic E-state index is 5.84. The summed E-state index contributed by atoms with van der Waals surface area (Å²) in [6.45, 7) is 0. The normalized spacial score (nSPS) is 10.2. The quantitative estimate of drug-likeness (QED) is 0.692. The van der Waals surface area contributed by atoms with E-state index in [1.807, 2.05) is 60.7 Å². The zero-order valence-electron chi connectivity index (χ0n) is 11.0. The summed E-state index contributed by atoms with van der Waals surface area (Å²) < 4.78 is 5.84. The van der Waals surface area contributed by atoms with E-state index in [4.69, 9.17) is 10.5 Å². The van der Waals surface area contributed by atoms with E-state index >= 15 is 0 Å². The maximum absolute atomic E-state index is 5.84. The Labute approximate surface area is 118 Å². The Morgan fingerprint density at radius 3 is 2.05 bits per heavy atom. The summed E-state index contributed by atoms with van der Waals surface area (Å²) in [5, 5.41) is 0. The molecule has 0 amide bonds. The van der Waals surface area contributed by atoms with E-state index in [-0.39, 0.29) is 0 Å². The minimum Gasteiger partial charge on any atom is -0.457 e. The Hall–Kier alpha value is -2.74. The molecule has 0 aliphatic carbocycles. The van der Waals surface area contributed by atoms with Crippen molar-refractivity contribution in [3.63, 3.8) is 0 Å². The molecule has 2 N–H and O–H groups in total. The van der Waals surface area contributed by atoms with Crippen LogP contribution < -0.4 is 10.5 Å². The Bertz CT molecular complexity index is 690. The molecule has 0 spiro atoms. The molecule has 3 aromatic carbocycles. The molecule has 3 aromatic rings. The third-order valence-corrected chi connectivity index (χ3v) is 3.06. The van der Waals surface area contributed by atoms with Gasteiger partial charge in [0.2, 0.25) is 0 Å². The molecular formula is C18H15NO. The highest BCUT2D eigenvalue weighted by molar-refractivity contribution is 5.65. The first kappa shape index (κ1) is 12.3. The lowest BCUT2D eigenvalue weighted by Crippen LogP contribution is -1.87. The molecule has 0 radical (unpaired) electrons. The van der Waals surface area contributed by atoms with Crippen molar-refractivity contribution < 1.29 is 4.74 Å². The van der Waals surface area contributed by atoms with Crippen LogP contribution in [0.25, 0.3) is 11.1 Å². The van der Waals surface area contributed by atoms with Crippen molar-refractivity contribution in [3.8, 4) is 22.6 Å². The number of ether oxygens (including phenoxy) is 1. The molecule has 2 heteroatoms. The molecule has 20 heavy (non-hydrogen) atoms. The van der Waals surface area contributed by atoms with E-state index in [0.717, 1.165) is 22.7 Å². The highest BCUT2D eigenvalue weighted by Gasteiger charge is 2.01. The van der Waals surface area contributed by atoms with Gasteiger partial charge in [-0.2, -0.15) is 0 Å². The smallest absolute Gasteiger partial charge is 0.128 e. The van der Waals surface area contributed by atoms with Crippen LogP contribution in [-0.4, -0.2) is 0 Å². The molecule has 0 aromatic heterocycles. The van der Waals surface area contributed by atoms with Crippen LogP contribution in [0.5, 0.6) is 11.5 Å². The van der Waals surface area contributed by atoms with Crippen LogP contribution in [0.2, 0.25) is 0 Å². The van der Waals surface area contributed by atoms with Crippen molar-refractivity contribution in [1.82, 2.24) is 0 Å². The van der Waals surface area contributed by atoms with Gasteiger partial charge in [0.25, 0.3) is 0 Å². The number of nitrogen functional groups attached to an aromatic ring is 1. The first-order valence-corrected chi connectivity index (χ1v) is 6.50. The highest BCUT2D eigenvalue weighted by atomic mass is 16.5. The van der Waals surface area contributed by atoms with Gasteiger partial charge in [-0.15, -0.1) is 0 Å². The second-order valence-corrected chi connectivity index (χ2v) is 4.56. The summed E-state index contributed by atoms with van der Waals surface area (Å²) in [4.78, 5) is 0. The third-order valence-electron chi connectivity index (χ3n) is 3.06. The Morgan fingerprint density at radius 1 is 0.600 bits per heavy atom. The number of anilines is 1. The number of nitrogens with two attached hydrogens (primary N) is 1. The number of benzene rings is 3. The van der Waals surface area contributed by atoms with Gasteiger partial charge in [-0.3, -0.25) is 0 Å². The number of hydrogen-bond acceptors (Lipinski definition) is 2. The molecule has 0 bridgehead atoms. The molecule has 0 heterocycles. The predicted molar refractivity (Wildman–Crippen MR) is 82.8 cm³/mol. The van der Waals surface area contributed by atoms with E-state index in [9.17, 15) is 0 Å². The zero-order chi connectivity index (χ0) is 13.8. The molecule has 0 unspecified atom stereocenters. The van der Waals surface area contributed by atoms with E-state index in [0.29, 0.717) is 0 Å². The maximum Gasteiger partial charge on any atom is 0.128 e. The van der Waals surface area contributed by atoms with Gasteiger partial charge in [-0.25, -0.2) is 0 Å². The topological polar surface area (TPSA) is 35.2 Å². The van der Waals surface area contributed by atoms with Gasteiger partial charge < -0.3 is 10.5 Å². The van der Waals surface area contributed by atoms with E-state index in [1.54, 1.807) is 0 Å². The fraction of sp³-hybridized carbons (Fsp3) is 0. The lowest BCUT2D eigenvalue weighted by Gasteiger charge is -2.08. The molecule has 98 valence electrons. The van der Waals surface area contributed by atoms with Gasteiger partial charge >= 0.3 is 0 Å². The standard InChI is InChI=1S/C18H15NO/c19-16-9-11-17(12-10-16)20-18-8-4-7-15(13-18)14-5-2-1-3-6-14/h1-13H,19H2. The molecule has 0 saturated carbocycles. The van der Waals surface area contributed by atoms with Gasteiger partial charge in [-0.1, -0.05) is 42.5 Å². The van der Waals surface area contributed by atoms with Gasteiger partial charge in [0.1, 0.15) is 11.5 Å². The Balaban J connectivity index is 1.86. The fourth-order valence-electron chi connectivity index (χ4n) is 2.04. The van der Waals surface area contributed by atoms with Crippen LogP contribution in [-0.2, 0) is 0 Å². The lowest BCUT2D eigenvalue weighted by atomic mass is 10.1. The Morgan fingerprint density at radius 2 is 1.30 bits per heavy atom. The summed E-state index contributed by atoms with van der Waals surface area (Å²) in [5.41, 5.74) is 8.71. The van der Waals surface area contributed by atoms with Crippen LogP contribution in [0.3, 0.4) is 0 Å². The van der Waals surface area contributed by atoms with Crippen molar-refractivity contribution in [3.05, 3.63) is 78.9 Å². The fourth-order valence-corrected chi connectivity index (χ4v) is 2.04. The molecule has 0 saturated heterocycles. The molecule has 0 aliphatic rings. The minimum atomic E-state index is 0.732. The largest absolute Gasteiger partial charge is 0.457 e. The molecule has 0 aliphatic heterocycles. The molecule has 0 fully saturated rings. The van der Waals surface area contributed by atoms with Crippen LogP contribution >= 0.6 is 0 Å². The average Bonchev–Trinajstić information content (AvgIpc) is 2.51. The van der Waals surface area contributed by atoms with Crippen molar-refractivity contribution in [2.45, 2.75) is 0 Å². The van der Waals surface area contributed by atoms with Crippen LogP contribution in [0.1, 0.15) is 0 Å². The summed E-state index contributed by atoms with van der Waals surface area (Å²) in [7, 11) is 0. The van der Waals surface area contributed by atoms with Crippen molar-refractivity contribution in [1.29, 1.82) is 0 Å². The van der Waals surface area contributed by atoms with E-state index in [2.05, 4.69) is 18.2 Å². The van der Waals surface area contributed by atoms with Crippen molar-refractivity contribution >= 4 is 5.69 Å². The van der Waals surface area contributed by atoms with Crippen molar-refractivity contribution in [2.24, 2.45) is 0 Å². The number of hydrogen-bond donors (Lipinski definition) is 1. The molecular weight excluding hydrogens is 246 g/mol. The van der Waals surface area contributed by atoms with Crippen LogP contribution in [0, 0.1) is 0 Å². The summed E-state index contributed by atoms with van der Waals surface area (Å²) in [6.07, 6.45) is 0. The average molecular weight is 261 g/mol. The Kier molecular flexibility index (Phi) is 3.38. The van der Waals surface area contributed by atoms with Crippen molar-refractivity contribution in [2.75, 3.05) is 5.73 Å².